The van der Waals surface area contributed by atoms with E-state index in [1.165, 1.54) is 11.9 Å². The number of carboxylic acid groups (broad SMARTS) is 1. The third-order valence-electron chi connectivity index (χ3n) is 1.87. The summed E-state index contributed by atoms with van der Waals surface area (Å²) in [5.41, 5.74) is 0.0608. The molecule has 1 aliphatic carbocycles. The van der Waals surface area contributed by atoms with Crippen LogP contribution >= 0.6 is 11.9 Å². The summed E-state index contributed by atoms with van der Waals surface area (Å²) >= 11 is 1.25. The van der Waals surface area contributed by atoms with Crippen molar-refractivity contribution in [2.75, 3.05) is 5.75 Å². The second-order valence-corrected chi connectivity index (χ2v) is 3.50. The Hall–Kier alpha value is -0.220. The maximum absolute atomic E-state index is 10.3. The SMILES string of the molecule is NSCC1(CC(=O)O)CC1. The van der Waals surface area contributed by atoms with Crippen molar-refractivity contribution in [1.29, 1.82) is 0 Å². The fraction of sp³-hybridized carbons (Fsp3) is 0.833. The first kappa shape index (κ1) is 7.88. The molecule has 0 aromatic heterocycles. The maximum atomic E-state index is 10.3. The molecule has 1 rings (SSSR count). The van der Waals surface area contributed by atoms with E-state index in [0.29, 0.717) is 0 Å². The molecule has 0 unspecified atom stereocenters. The second-order valence-electron chi connectivity index (χ2n) is 2.88. The molecule has 0 saturated heterocycles. The standard InChI is InChI=1S/C6H11NO2S/c7-10-4-6(1-2-6)3-5(8)9/h1-4,7H2,(H,8,9). The highest BCUT2D eigenvalue weighted by molar-refractivity contribution is 7.97. The van der Waals surface area contributed by atoms with Crippen LogP contribution in [0.15, 0.2) is 0 Å². The average molecular weight is 161 g/mol. The van der Waals surface area contributed by atoms with Crippen molar-refractivity contribution in [3.05, 3.63) is 0 Å². The molecule has 4 heteroatoms. The molecular weight excluding hydrogens is 150 g/mol. The van der Waals surface area contributed by atoms with Crippen LogP contribution in [0, 0.1) is 5.41 Å². The van der Waals surface area contributed by atoms with Crippen molar-refractivity contribution in [2.45, 2.75) is 19.3 Å². The summed E-state index contributed by atoms with van der Waals surface area (Å²) < 4.78 is 0. The van der Waals surface area contributed by atoms with E-state index in [2.05, 4.69) is 0 Å². The normalized spacial score (nSPS) is 20.5. The predicted octanol–water partition coefficient (Wildman–Crippen LogP) is 0.848. The van der Waals surface area contributed by atoms with E-state index >= 15 is 0 Å². The number of aliphatic carboxylic acids is 1. The molecule has 10 heavy (non-hydrogen) atoms. The zero-order chi connectivity index (χ0) is 7.61. The molecule has 0 heterocycles. The van der Waals surface area contributed by atoms with Gasteiger partial charge in [0.1, 0.15) is 0 Å². The topological polar surface area (TPSA) is 63.3 Å². The van der Waals surface area contributed by atoms with Gasteiger partial charge in [0.2, 0.25) is 0 Å². The highest BCUT2D eigenvalue weighted by atomic mass is 32.2. The summed E-state index contributed by atoms with van der Waals surface area (Å²) in [5.74, 6) is 0.0887. The van der Waals surface area contributed by atoms with Gasteiger partial charge in [-0.3, -0.25) is 9.93 Å². The van der Waals surface area contributed by atoms with E-state index in [-0.39, 0.29) is 11.8 Å². The van der Waals surface area contributed by atoms with E-state index in [9.17, 15) is 4.79 Å². The van der Waals surface area contributed by atoms with Crippen molar-refractivity contribution < 1.29 is 9.90 Å². The molecule has 0 atom stereocenters. The molecule has 1 saturated carbocycles. The van der Waals surface area contributed by atoms with E-state index in [1.54, 1.807) is 0 Å². The number of carbonyl (C=O) groups is 1. The van der Waals surface area contributed by atoms with E-state index in [1.807, 2.05) is 0 Å². The van der Waals surface area contributed by atoms with Gasteiger partial charge in [0, 0.05) is 5.75 Å². The van der Waals surface area contributed by atoms with E-state index in [4.69, 9.17) is 10.2 Å². The van der Waals surface area contributed by atoms with Gasteiger partial charge in [0.05, 0.1) is 6.42 Å². The number of nitrogens with two attached hydrogens (primary N) is 1. The van der Waals surface area contributed by atoms with Crippen molar-refractivity contribution in [2.24, 2.45) is 10.6 Å². The minimum atomic E-state index is -0.702. The zero-order valence-corrected chi connectivity index (χ0v) is 6.49. The second kappa shape index (κ2) is 2.80. The molecule has 0 aliphatic heterocycles. The minimum Gasteiger partial charge on any atom is -0.481 e. The molecule has 0 aromatic carbocycles. The van der Waals surface area contributed by atoms with Crippen molar-refractivity contribution in [3.8, 4) is 0 Å². The Bertz CT molecular complexity index is 145. The van der Waals surface area contributed by atoms with Gasteiger partial charge >= 0.3 is 5.97 Å². The van der Waals surface area contributed by atoms with Crippen molar-refractivity contribution in [1.82, 2.24) is 0 Å². The first-order valence-electron chi connectivity index (χ1n) is 3.22. The quantitative estimate of drug-likeness (QED) is 0.600. The Labute approximate surface area is 64.1 Å². The third kappa shape index (κ3) is 1.88. The van der Waals surface area contributed by atoms with Crippen LogP contribution in [-0.4, -0.2) is 16.8 Å². The summed E-state index contributed by atoms with van der Waals surface area (Å²) in [6, 6.07) is 0. The van der Waals surface area contributed by atoms with Gasteiger partial charge in [-0.25, -0.2) is 0 Å². The Balaban J connectivity index is 2.30. The number of hydrogen-bond acceptors (Lipinski definition) is 3. The largest absolute Gasteiger partial charge is 0.481 e. The maximum Gasteiger partial charge on any atom is 0.303 e. The van der Waals surface area contributed by atoms with Gasteiger partial charge in [-0.1, -0.05) is 11.9 Å². The molecule has 58 valence electrons. The Morgan fingerprint density at radius 1 is 1.70 bits per heavy atom. The van der Waals surface area contributed by atoms with Crippen LogP contribution in [0.1, 0.15) is 19.3 Å². The molecule has 0 spiro atoms. The highest BCUT2D eigenvalue weighted by Crippen LogP contribution is 2.50. The van der Waals surface area contributed by atoms with Crippen LogP contribution in [0.4, 0.5) is 0 Å². The molecule has 3 N–H and O–H groups in total. The van der Waals surface area contributed by atoms with Crippen LogP contribution < -0.4 is 5.14 Å². The summed E-state index contributed by atoms with van der Waals surface area (Å²) in [5, 5.41) is 13.7. The Kier molecular flexibility index (Phi) is 2.21. The number of carboxylic acids is 1. The minimum absolute atomic E-state index is 0.0608. The van der Waals surface area contributed by atoms with Gasteiger partial charge in [-0.15, -0.1) is 0 Å². The number of hydrogen-bond donors (Lipinski definition) is 2. The van der Waals surface area contributed by atoms with Crippen LogP contribution in [-0.2, 0) is 4.79 Å². The van der Waals surface area contributed by atoms with Crippen LogP contribution in [0.5, 0.6) is 0 Å². The van der Waals surface area contributed by atoms with E-state index < -0.39 is 5.97 Å². The summed E-state index contributed by atoms with van der Waals surface area (Å²) in [6.07, 6.45) is 2.35. The van der Waals surface area contributed by atoms with Crippen molar-refractivity contribution in [3.63, 3.8) is 0 Å². The lowest BCUT2D eigenvalue weighted by molar-refractivity contribution is -0.138. The third-order valence-corrected chi connectivity index (χ3v) is 2.65. The molecule has 0 bridgehead atoms. The molecule has 0 amide bonds. The molecule has 0 aromatic rings. The molecule has 3 nitrogen and oxygen atoms in total. The lowest BCUT2D eigenvalue weighted by atomic mass is 10.1. The van der Waals surface area contributed by atoms with Gasteiger partial charge in [-0.05, 0) is 18.3 Å². The van der Waals surface area contributed by atoms with Gasteiger partial charge < -0.3 is 5.11 Å². The lowest BCUT2D eigenvalue weighted by Crippen LogP contribution is -2.11. The fourth-order valence-electron chi connectivity index (χ4n) is 1.05. The van der Waals surface area contributed by atoms with E-state index in [0.717, 1.165) is 18.6 Å². The number of rotatable bonds is 4. The zero-order valence-electron chi connectivity index (χ0n) is 5.67. The highest BCUT2D eigenvalue weighted by Gasteiger charge is 2.43. The Morgan fingerprint density at radius 2 is 2.30 bits per heavy atom. The Morgan fingerprint density at radius 3 is 2.60 bits per heavy atom. The first-order valence-corrected chi connectivity index (χ1v) is 4.27. The monoisotopic (exact) mass is 161 g/mol. The van der Waals surface area contributed by atoms with Crippen molar-refractivity contribution >= 4 is 17.9 Å². The van der Waals surface area contributed by atoms with Crippen LogP contribution in [0.2, 0.25) is 0 Å². The summed E-state index contributed by atoms with van der Waals surface area (Å²) in [7, 11) is 0. The average Bonchev–Trinajstić information content (AvgIpc) is 2.47. The van der Waals surface area contributed by atoms with Gasteiger partial charge in [-0.2, -0.15) is 0 Å². The lowest BCUT2D eigenvalue weighted by Gasteiger charge is -2.07. The molecule has 0 radical (unpaired) electrons. The molecule has 1 fully saturated rings. The van der Waals surface area contributed by atoms with Gasteiger partial charge in [0.15, 0.2) is 0 Å². The van der Waals surface area contributed by atoms with Gasteiger partial charge in [0.25, 0.3) is 0 Å². The fourth-order valence-corrected chi connectivity index (χ4v) is 1.79. The van der Waals surface area contributed by atoms with Crippen LogP contribution in [0.25, 0.3) is 0 Å². The summed E-state index contributed by atoms with van der Waals surface area (Å²) in [6.45, 7) is 0. The predicted molar refractivity (Wildman–Crippen MR) is 40.6 cm³/mol. The first-order chi connectivity index (χ1) is 4.68. The summed E-state index contributed by atoms with van der Waals surface area (Å²) in [4.78, 5) is 10.3. The molecular formula is C6H11NO2S. The molecule has 1 aliphatic rings. The van der Waals surface area contributed by atoms with Crippen LogP contribution in [0.3, 0.4) is 0 Å². The smallest absolute Gasteiger partial charge is 0.303 e.